The van der Waals surface area contributed by atoms with Crippen molar-refractivity contribution >= 4 is 34.0 Å². The number of pyridine rings is 1. The van der Waals surface area contributed by atoms with Crippen LogP contribution in [0.2, 0.25) is 0 Å². The van der Waals surface area contributed by atoms with E-state index in [1.807, 2.05) is 29.2 Å². The molecule has 2 saturated heterocycles. The Morgan fingerprint density at radius 3 is 2.20 bits per heavy atom. The number of nitrogens with one attached hydrogen (secondary N) is 2. The molecule has 7 rings (SSSR count). The fraction of sp³-hybridized carbons (Fsp3) is 0.465. The molecule has 2 N–H and O–H groups in total. The molecule has 3 heterocycles. The maximum absolute atomic E-state index is 15.8. The number of hydrogen-bond donors (Lipinski definition) is 2. The van der Waals surface area contributed by atoms with Crippen molar-refractivity contribution in [1.82, 2.24) is 9.88 Å². The lowest BCUT2D eigenvalue weighted by atomic mass is 9.76. The van der Waals surface area contributed by atoms with E-state index >= 15 is 4.39 Å². The molecule has 1 atom stereocenters. The Hall–Kier alpha value is -4.87. The molecular formula is C43H48F4N4O4. The Balaban J connectivity index is 0.908. The van der Waals surface area contributed by atoms with Crippen molar-refractivity contribution in [3.63, 3.8) is 0 Å². The third-order valence-corrected chi connectivity index (χ3v) is 12.1. The fourth-order valence-corrected chi connectivity index (χ4v) is 8.90. The molecule has 1 saturated carbocycles. The van der Waals surface area contributed by atoms with E-state index in [1.165, 1.54) is 10.6 Å². The molecule has 3 aromatic carbocycles. The zero-order chi connectivity index (χ0) is 38.9. The van der Waals surface area contributed by atoms with Crippen LogP contribution in [0.15, 0.2) is 65.6 Å². The first-order valence-corrected chi connectivity index (χ1v) is 19.4. The van der Waals surface area contributed by atoms with Crippen LogP contribution in [0.25, 0.3) is 21.9 Å². The number of imide groups is 1. The maximum atomic E-state index is 15.8. The van der Waals surface area contributed by atoms with Crippen LogP contribution in [0.5, 0.6) is 5.75 Å². The number of benzene rings is 3. The predicted octanol–water partition coefficient (Wildman–Crippen LogP) is 8.63. The second kappa shape index (κ2) is 16.1. The average molecular weight is 761 g/mol. The van der Waals surface area contributed by atoms with E-state index in [0.29, 0.717) is 59.5 Å². The molecule has 2 amide bonds. The Labute approximate surface area is 318 Å². The summed E-state index contributed by atoms with van der Waals surface area (Å²) in [5.74, 6) is 0.692. The van der Waals surface area contributed by atoms with Crippen molar-refractivity contribution in [3.05, 3.63) is 88.1 Å². The minimum absolute atomic E-state index is 0.102. The second-order valence-electron chi connectivity index (χ2n) is 15.6. The number of piperidine rings is 2. The molecule has 8 nitrogen and oxygen atoms in total. The van der Waals surface area contributed by atoms with Crippen molar-refractivity contribution in [2.75, 3.05) is 30.4 Å². The van der Waals surface area contributed by atoms with E-state index in [9.17, 15) is 27.6 Å². The topological polar surface area (TPSA) is 92.7 Å². The number of rotatable bonds is 10. The first-order chi connectivity index (χ1) is 26.4. The van der Waals surface area contributed by atoms with E-state index in [2.05, 4.69) is 10.6 Å². The van der Waals surface area contributed by atoms with Crippen molar-refractivity contribution in [3.8, 4) is 16.9 Å². The van der Waals surface area contributed by atoms with Gasteiger partial charge < -0.3 is 19.5 Å². The van der Waals surface area contributed by atoms with Gasteiger partial charge in [-0.3, -0.25) is 19.7 Å². The number of aromatic nitrogens is 1. The van der Waals surface area contributed by atoms with Gasteiger partial charge in [-0.2, -0.15) is 13.2 Å². The summed E-state index contributed by atoms with van der Waals surface area (Å²) < 4.78 is 65.8. The zero-order valence-corrected chi connectivity index (χ0v) is 31.3. The van der Waals surface area contributed by atoms with Crippen LogP contribution in [-0.4, -0.2) is 42.6 Å². The third kappa shape index (κ3) is 8.53. The predicted molar refractivity (Wildman–Crippen MR) is 206 cm³/mol. The highest BCUT2D eigenvalue weighted by atomic mass is 19.4. The van der Waals surface area contributed by atoms with Crippen LogP contribution in [-0.2, 0) is 29.2 Å². The minimum atomic E-state index is -4.56. The number of ether oxygens (including phenoxy) is 1. The van der Waals surface area contributed by atoms with Gasteiger partial charge in [0.25, 0.3) is 5.56 Å². The molecule has 292 valence electrons. The Morgan fingerprint density at radius 2 is 1.53 bits per heavy atom. The number of amides is 2. The number of methoxy groups -OCH3 is 1. The van der Waals surface area contributed by atoms with Gasteiger partial charge in [0, 0.05) is 60.6 Å². The molecule has 3 aliphatic rings. The third-order valence-electron chi connectivity index (χ3n) is 12.1. The first-order valence-electron chi connectivity index (χ1n) is 19.4. The lowest BCUT2D eigenvalue weighted by Gasteiger charge is -2.36. The Kier molecular flexibility index (Phi) is 11.2. The van der Waals surface area contributed by atoms with Crippen LogP contribution in [0.1, 0.15) is 75.3 Å². The van der Waals surface area contributed by atoms with Crippen LogP contribution in [0, 0.1) is 23.6 Å². The van der Waals surface area contributed by atoms with Gasteiger partial charge in [0.2, 0.25) is 11.8 Å². The van der Waals surface area contributed by atoms with Crippen molar-refractivity contribution in [2.45, 2.75) is 82.8 Å². The Morgan fingerprint density at radius 1 is 0.855 bits per heavy atom. The maximum Gasteiger partial charge on any atom is 0.418 e. The summed E-state index contributed by atoms with van der Waals surface area (Å²) in [7, 11) is 3.27. The van der Waals surface area contributed by atoms with Gasteiger partial charge in [0.05, 0.1) is 12.7 Å². The molecule has 55 heavy (non-hydrogen) atoms. The first kappa shape index (κ1) is 38.4. The van der Waals surface area contributed by atoms with E-state index in [4.69, 9.17) is 4.74 Å². The zero-order valence-electron chi connectivity index (χ0n) is 31.3. The van der Waals surface area contributed by atoms with E-state index < -0.39 is 23.7 Å². The monoisotopic (exact) mass is 760 g/mol. The van der Waals surface area contributed by atoms with Gasteiger partial charge >= 0.3 is 6.18 Å². The van der Waals surface area contributed by atoms with Crippen LogP contribution < -0.4 is 25.8 Å². The van der Waals surface area contributed by atoms with Gasteiger partial charge in [-0.05, 0) is 104 Å². The smallest absolute Gasteiger partial charge is 0.418 e. The number of nitrogens with zero attached hydrogens (tertiary/aromatic N) is 2. The number of carbonyl (C=O) groups is 2. The summed E-state index contributed by atoms with van der Waals surface area (Å²) >= 11 is 0. The molecule has 0 radical (unpaired) electrons. The molecular weight excluding hydrogens is 712 g/mol. The summed E-state index contributed by atoms with van der Waals surface area (Å²) in [6.45, 7) is 1.09. The molecule has 0 spiro atoms. The standard InChI is InChI=1S/C43H48F4N4O4/c1-50-25-34(31-5-3-4-6-32(31)42(50)54)29-22-36(44)33(39(23-29)55-2)21-28-11-9-26(10-12-28)7-8-27-17-19-51(20-18-27)38-15-13-30(24-35(38)43(45,46)47)48-37-14-16-40(52)49-41(37)53/h3-6,13,15,22-28,37,48H,7-12,14,16-21H2,1-2H3,(H,49,52,53). The van der Waals surface area contributed by atoms with Gasteiger partial charge in [-0.1, -0.05) is 43.9 Å². The quantitative estimate of drug-likeness (QED) is 0.124. The SMILES string of the molecule is COc1cc(-c2cn(C)c(=O)c3ccccc23)cc(F)c1CC1CCC(CCC2CCN(c3ccc(NC4CCC(=O)NC4=O)cc3C(F)(F)F)CC2)CC1. The number of hydrogen-bond acceptors (Lipinski definition) is 6. The van der Waals surface area contributed by atoms with E-state index in [-0.39, 0.29) is 41.5 Å². The molecule has 2 aliphatic heterocycles. The number of aryl methyl sites for hydroxylation is 1. The van der Waals surface area contributed by atoms with Crippen molar-refractivity contribution < 1.29 is 31.9 Å². The van der Waals surface area contributed by atoms with Gasteiger partial charge in [-0.25, -0.2) is 4.39 Å². The van der Waals surface area contributed by atoms with Gasteiger partial charge in [0.15, 0.2) is 0 Å². The number of anilines is 2. The van der Waals surface area contributed by atoms with Crippen LogP contribution >= 0.6 is 0 Å². The van der Waals surface area contributed by atoms with Crippen LogP contribution in [0.3, 0.4) is 0 Å². The molecule has 1 aromatic heterocycles. The number of alkyl halides is 3. The van der Waals surface area contributed by atoms with E-state index in [1.54, 1.807) is 38.6 Å². The lowest BCUT2D eigenvalue weighted by molar-refractivity contribution is -0.137. The van der Waals surface area contributed by atoms with Crippen molar-refractivity contribution in [1.29, 1.82) is 0 Å². The molecule has 1 aliphatic carbocycles. The number of halogens is 4. The lowest BCUT2D eigenvalue weighted by Crippen LogP contribution is -2.47. The number of carbonyl (C=O) groups excluding carboxylic acids is 2. The molecule has 12 heteroatoms. The highest BCUT2D eigenvalue weighted by Crippen LogP contribution is 2.42. The highest BCUT2D eigenvalue weighted by molar-refractivity contribution is 6.01. The van der Waals surface area contributed by atoms with Gasteiger partial charge in [-0.15, -0.1) is 0 Å². The highest BCUT2D eigenvalue weighted by Gasteiger charge is 2.37. The van der Waals surface area contributed by atoms with Crippen molar-refractivity contribution in [2.24, 2.45) is 24.8 Å². The number of fused-ring (bicyclic) bond motifs is 1. The largest absolute Gasteiger partial charge is 0.496 e. The Bertz CT molecular complexity index is 2120. The molecule has 4 aromatic rings. The molecule has 1 unspecified atom stereocenters. The molecule has 3 fully saturated rings. The van der Waals surface area contributed by atoms with Gasteiger partial charge in [0.1, 0.15) is 17.6 Å². The molecule has 0 bridgehead atoms. The summed E-state index contributed by atoms with van der Waals surface area (Å²) in [5.41, 5.74) is 1.54. The summed E-state index contributed by atoms with van der Waals surface area (Å²) in [6.07, 6.45) is 6.10. The normalized spacial score (nSPS) is 21.1. The fourth-order valence-electron chi connectivity index (χ4n) is 8.90. The summed E-state index contributed by atoms with van der Waals surface area (Å²) in [5, 5.41) is 6.45. The summed E-state index contributed by atoms with van der Waals surface area (Å²) in [6, 6.07) is 14.2. The average Bonchev–Trinajstić information content (AvgIpc) is 3.17. The summed E-state index contributed by atoms with van der Waals surface area (Å²) in [4.78, 5) is 38.1. The second-order valence-corrected chi connectivity index (χ2v) is 15.6. The van der Waals surface area contributed by atoms with E-state index in [0.717, 1.165) is 68.4 Å². The minimum Gasteiger partial charge on any atom is -0.496 e. The van der Waals surface area contributed by atoms with Crippen LogP contribution in [0.4, 0.5) is 28.9 Å².